The van der Waals surface area contributed by atoms with Crippen molar-refractivity contribution in [1.29, 1.82) is 0 Å². The minimum atomic E-state index is 0.868. The van der Waals surface area contributed by atoms with E-state index in [1.165, 1.54) is 5.01 Å². The molecule has 4 heteroatoms. The number of methoxy groups -OCH3 is 1. The predicted octanol–water partition coefficient (Wildman–Crippen LogP) is 3.68. The molecule has 0 spiro atoms. The first-order chi connectivity index (χ1) is 8.33. The maximum Gasteiger partial charge on any atom is 0.119 e. The van der Waals surface area contributed by atoms with Gasteiger partial charge in [0.25, 0.3) is 0 Å². The Hall–Kier alpha value is -1.00. The van der Waals surface area contributed by atoms with E-state index >= 15 is 0 Å². The van der Waals surface area contributed by atoms with E-state index < -0.39 is 0 Å². The van der Waals surface area contributed by atoms with Gasteiger partial charge in [-0.15, -0.1) is 11.3 Å². The van der Waals surface area contributed by atoms with Crippen molar-refractivity contribution in [3.8, 4) is 17.0 Å². The van der Waals surface area contributed by atoms with Crippen molar-refractivity contribution in [1.82, 2.24) is 4.98 Å². The number of aromatic nitrogens is 1. The van der Waals surface area contributed by atoms with Crippen LogP contribution in [-0.2, 0) is 6.42 Å². The van der Waals surface area contributed by atoms with Crippen LogP contribution in [0, 0.1) is 0 Å². The van der Waals surface area contributed by atoms with E-state index in [0.717, 1.165) is 35.6 Å². The maximum absolute atomic E-state index is 5.21. The Bertz CT molecular complexity index is 482. The molecule has 0 amide bonds. The Kier molecular flexibility index (Phi) is 4.45. The third kappa shape index (κ3) is 3.23. The van der Waals surface area contributed by atoms with Crippen LogP contribution in [0.4, 0.5) is 0 Å². The molecule has 0 N–H and O–H groups in total. The summed E-state index contributed by atoms with van der Waals surface area (Å²) >= 11 is 5.93. The standard InChI is InChI=1S/C13H15NOS2/c1-15-11-5-2-4-10(8-11)12-9-17-13(14-12)6-3-7-16/h2,4-5,8-9,16H,3,6-7H2,1H3. The lowest BCUT2D eigenvalue weighted by Gasteiger charge is -2.01. The summed E-state index contributed by atoms with van der Waals surface area (Å²) in [7, 11) is 1.68. The van der Waals surface area contributed by atoms with E-state index in [0.29, 0.717) is 0 Å². The van der Waals surface area contributed by atoms with Gasteiger partial charge in [0.1, 0.15) is 5.75 Å². The number of thiazole rings is 1. The van der Waals surface area contributed by atoms with Gasteiger partial charge in [-0.1, -0.05) is 12.1 Å². The summed E-state index contributed by atoms with van der Waals surface area (Å²) in [5.41, 5.74) is 2.14. The number of benzene rings is 1. The van der Waals surface area contributed by atoms with E-state index in [-0.39, 0.29) is 0 Å². The van der Waals surface area contributed by atoms with Crippen LogP contribution >= 0.6 is 24.0 Å². The Morgan fingerprint density at radius 1 is 1.41 bits per heavy atom. The third-order valence-electron chi connectivity index (χ3n) is 2.47. The van der Waals surface area contributed by atoms with Crippen LogP contribution in [0.5, 0.6) is 5.75 Å². The first kappa shape index (κ1) is 12.5. The van der Waals surface area contributed by atoms with Crippen LogP contribution in [0.3, 0.4) is 0 Å². The first-order valence-electron chi connectivity index (χ1n) is 5.53. The lowest BCUT2D eigenvalue weighted by atomic mass is 10.1. The fourth-order valence-electron chi connectivity index (χ4n) is 1.57. The van der Waals surface area contributed by atoms with Crippen molar-refractivity contribution in [2.45, 2.75) is 12.8 Å². The number of thiol groups is 1. The summed E-state index contributed by atoms with van der Waals surface area (Å²) in [6.07, 6.45) is 2.09. The highest BCUT2D eigenvalue weighted by molar-refractivity contribution is 7.80. The molecule has 0 saturated heterocycles. The summed E-state index contributed by atoms with van der Waals surface area (Å²) in [4.78, 5) is 4.62. The van der Waals surface area contributed by atoms with Gasteiger partial charge in [-0.25, -0.2) is 4.98 Å². The molecular formula is C13H15NOS2. The SMILES string of the molecule is COc1cccc(-c2csc(CCCS)n2)c1. The number of nitrogens with zero attached hydrogens (tertiary/aromatic N) is 1. The Morgan fingerprint density at radius 3 is 3.06 bits per heavy atom. The number of rotatable bonds is 5. The molecule has 2 aromatic rings. The molecule has 17 heavy (non-hydrogen) atoms. The highest BCUT2D eigenvalue weighted by atomic mass is 32.1. The van der Waals surface area contributed by atoms with Crippen LogP contribution in [0.25, 0.3) is 11.3 Å². The Balaban J connectivity index is 2.18. The molecule has 2 rings (SSSR count). The summed E-state index contributed by atoms with van der Waals surface area (Å²) in [5.74, 6) is 1.78. The molecule has 90 valence electrons. The molecule has 0 bridgehead atoms. The molecule has 0 aliphatic rings. The van der Waals surface area contributed by atoms with Crippen LogP contribution in [-0.4, -0.2) is 17.8 Å². The van der Waals surface area contributed by atoms with Gasteiger partial charge in [0.05, 0.1) is 17.8 Å². The van der Waals surface area contributed by atoms with Crippen LogP contribution in [0.1, 0.15) is 11.4 Å². The van der Waals surface area contributed by atoms with E-state index in [2.05, 4.69) is 29.1 Å². The molecule has 0 radical (unpaired) electrons. The third-order valence-corrected chi connectivity index (χ3v) is 3.69. The largest absolute Gasteiger partial charge is 0.497 e. The number of ether oxygens (including phenoxy) is 1. The lowest BCUT2D eigenvalue weighted by molar-refractivity contribution is 0.415. The second-order valence-electron chi connectivity index (χ2n) is 3.69. The molecule has 1 aromatic heterocycles. The zero-order valence-corrected chi connectivity index (χ0v) is 11.4. The fourth-order valence-corrected chi connectivity index (χ4v) is 2.58. The van der Waals surface area contributed by atoms with Gasteiger partial charge in [-0.3, -0.25) is 0 Å². The molecule has 0 aliphatic carbocycles. The molecule has 0 atom stereocenters. The molecular weight excluding hydrogens is 250 g/mol. The van der Waals surface area contributed by atoms with Gasteiger partial charge >= 0.3 is 0 Å². The Morgan fingerprint density at radius 2 is 2.29 bits per heavy atom. The van der Waals surface area contributed by atoms with Gasteiger partial charge in [-0.2, -0.15) is 12.6 Å². The normalized spacial score (nSPS) is 10.5. The highest BCUT2D eigenvalue weighted by Crippen LogP contribution is 2.25. The number of aryl methyl sites for hydroxylation is 1. The van der Waals surface area contributed by atoms with Crippen molar-refractivity contribution < 1.29 is 4.74 Å². The predicted molar refractivity (Wildman–Crippen MR) is 76.3 cm³/mol. The zero-order valence-electron chi connectivity index (χ0n) is 9.72. The first-order valence-corrected chi connectivity index (χ1v) is 7.04. The van der Waals surface area contributed by atoms with Crippen molar-refractivity contribution in [3.63, 3.8) is 0 Å². The Labute approximate surface area is 111 Å². The molecule has 0 fully saturated rings. The monoisotopic (exact) mass is 265 g/mol. The van der Waals surface area contributed by atoms with Crippen molar-refractivity contribution in [2.24, 2.45) is 0 Å². The molecule has 1 heterocycles. The molecule has 0 unspecified atom stereocenters. The second-order valence-corrected chi connectivity index (χ2v) is 5.08. The number of hydrogen-bond acceptors (Lipinski definition) is 4. The summed E-state index contributed by atoms with van der Waals surface area (Å²) in [6.45, 7) is 0. The van der Waals surface area contributed by atoms with E-state index in [1.54, 1.807) is 18.4 Å². The van der Waals surface area contributed by atoms with E-state index in [9.17, 15) is 0 Å². The summed E-state index contributed by atoms with van der Waals surface area (Å²) in [6, 6.07) is 8.00. The maximum atomic E-state index is 5.21. The minimum absolute atomic E-state index is 0.868. The van der Waals surface area contributed by atoms with E-state index in [4.69, 9.17) is 4.74 Å². The summed E-state index contributed by atoms with van der Waals surface area (Å²) < 4.78 is 5.21. The van der Waals surface area contributed by atoms with Crippen molar-refractivity contribution in [3.05, 3.63) is 34.7 Å². The molecule has 1 aromatic carbocycles. The smallest absolute Gasteiger partial charge is 0.119 e. The topological polar surface area (TPSA) is 22.1 Å². The van der Waals surface area contributed by atoms with Gasteiger partial charge in [0, 0.05) is 17.4 Å². The van der Waals surface area contributed by atoms with Gasteiger partial charge in [0.15, 0.2) is 0 Å². The van der Waals surface area contributed by atoms with Crippen LogP contribution in [0.15, 0.2) is 29.6 Å². The van der Waals surface area contributed by atoms with Crippen molar-refractivity contribution in [2.75, 3.05) is 12.9 Å². The molecule has 0 saturated carbocycles. The average molecular weight is 265 g/mol. The minimum Gasteiger partial charge on any atom is -0.497 e. The number of hydrogen-bond donors (Lipinski definition) is 1. The van der Waals surface area contributed by atoms with Gasteiger partial charge < -0.3 is 4.74 Å². The quantitative estimate of drug-likeness (QED) is 0.833. The van der Waals surface area contributed by atoms with Crippen molar-refractivity contribution >= 4 is 24.0 Å². The van der Waals surface area contributed by atoms with Crippen LogP contribution < -0.4 is 4.74 Å². The van der Waals surface area contributed by atoms with E-state index in [1.807, 2.05) is 18.2 Å². The molecule has 2 nitrogen and oxygen atoms in total. The fraction of sp³-hybridized carbons (Fsp3) is 0.308. The average Bonchev–Trinajstić information content (AvgIpc) is 2.85. The van der Waals surface area contributed by atoms with Gasteiger partial charge in [-0.05, 0) is 24.3 Å². The summed E-state index contributed by atoms with van der Waals surface area (Å²) in [5, 5.41) is 3.28. The molecule has 0 aliphatic heterocycles. The lowest BCUT2D eigenvalue weighted by Crippen LogP contribution is -1.86. The second kappa shape index (κ2) is 6.07. The zero-order chi connectivity index (χ0) is 12.1. The highest BCUT2D eigenvalue weighted by Gasteiger charge is 2.05. The van der Waals surface area contributed by atoms with Gasteiger partial charge in [0.2, 0.25) is 0 Å². The van der Waals surface area contributed by atoms with Crippen LogP contribution in [0.2, 0.25) is 0 Å².